The van der Waals surface area contributed by atoms with Crippen molar-refractivity contribution in [1.82, 2.24) is 5.32 Å². The van der Waals surface area contributed by atoms with Crippen molar-refractivity contribution in [1.29, 1.82) is 0 Å². The smallest absolute Gasteiger partial charge is 0.239 e. The second-order valence-corrected chi connectivity index (χ2v) is 3.67. The molecule has 0 atom stereocenters. The first-order chi connectivity index (χ1) is 6.63. The van der Waals surface area contributed by atoms with Crippen molar-refractivity contribution in [3.05, 3.63) is 22.7 Å². The second-order valence-electron chi connectivity index (χ2n) is 2.76. The Kier molecular flexibility index (Phi) is 3.76. The van der Waals surface area contributed by atoms with Crippen LogP contribution in [0, 0.1) is 0 Å². The first kappa shape index (κ1) is 10.8. The number of carbonyl (C=O) groups excluding carboxylic acids is 1. The molecule has 5 heteroatoms. The van der Waals surface area contributed by atoms with Crippen molar-refractivity contribution in [3.63, 3.8) is 0 Å². The average molecular weight is 258 g/mol. The predicted octanol–water partition coefficient (Wildman–Crippen LogP) is 1.19. The quantitative estimate of drug-likeness (QED) is 0.713. The Labute approximate surface area is 91.0 Å². The molecule has 0 spiro atoms. The lowest BCUT2D eigenvalue weighted by atomic mass is 10.2. The van der Waals surface area contributed by atoms with Gasteiger partial charge in [-0.3, -0.25) is 4.79 Å². The van der Waals surface area contributed by atoms with E-state index in [9.17, 15) is 4.79 Å². The Balaban J connectivity index is 2.66. The van der Waals surface area contributed by atoms with Crippen LogP contribution in [0.3, 0.4) is 0 Å². The molecule has 0 fully saturated rings. The molecule has 0 aliphatic rings. The van der Waals surface area contributed by atoms with Gasteiger partial charge in [0.05, 0.1) is 17.9 Å². The van der Waals surface area contributed by atoms with Gasteiger partial charge in [-0.15, -0.1) is 0 Å². The van der Waals surface area contributed by atoms with E-state index in [0.717, 1.165) is 10.2 Å². The normalized spacial score (nSPS) is 9.57. The van der Waals surface area contributed by atoms with E-state index >= 15 is 0 Å². The molecular weight excluding hydrogens is 246 g/mol. The van der Waals surface area contributed by atoms with E-state index in [0.29, 0.717) is 5.69 Å². The molecule has 0 radical (unpaired) electrons. The van der Waals surface area contributed by atoms with Crippen LogP contribution in [0.1, 0.15) is 0 Å². The van der Waals surface area contributed by atoms with Gasteiger partial charge in [0.25, 0.3) is 0 Å². The van der Waals surface area contributed by atoms with E-state index in [1.54, 1.807) is 13.1 Å². The van der Waals surface area contributed by atoms with E-state index in [2.05, 4.69) is 26.6 Å². The van der Waals surface area contributed by atoms with Crippen LogP contribution in [-0.2, 0) is 4.79 Å². The van der Waals surface area contributed by atoms with Crippen LogP contribution in [0.25, 0.3) is 0 Å². The van der Waals surface area contributed by atoms with Crippen molar-refractivity contribution in [2.24, 2.45) is 0 Å². The maximum absolute atomic E-state index is 11.0. The van der Waals surface area contributed by atoms with Gasteiger partial charge in [-0.1, -0.05) is 15.9 Å². The zero-order chi connectivity index (χ0) is 10.6. The number of likely N-dealkylation sites (N-methyl/N-ethyl adjacent to an activating group) is 1. The molecular formula is C9H12BrN3O. The minimum atomic E-state index is -0.0793. The highest BCUT2D eigenvalue weighted by Gasteiger charge is 2.01. The van der Waals surface area contributed by atoms with Crippen molar-refractivity contribution < 1.29 is 4.79 Å². The number of amides is 1. The Bertz CT molecular complexity index is 341. The van der Waals surface area contributed by atoms with E-state index in [1.807, 2.05) is 12.1 Å². The fourth-order valence-corrected chi connectivity index (χ4v) is 1.31. The summed E-state index contributed by atoms with van der Waals surface area (Å²) in [7, 11) is 1.59. The molecule has 0 aliphatic heterocycles. The standard InChI is InChI=1S/C9H12BrN3O/c1-12-9(14)5-13-8-4-6(10)2-3-7(8)11/h2-4,13H,5,11H2,1H3,(H,12,14). The van der Waals surface area contributed by atoms with Crippen LogP contribution in [0.4, 0.5) is 11.4 Å². The number of nitrogens with one attached hydrogen (secondary N) is 2. The third-order valence-corrected chi connectivity index (χ3v) is 2.23. The van der Waals surface area contributed by atoms with Gasteiger partial charge in [-0.25, -0.2) is 0 Å². The summed E-state index contributed by atoms with van der Waals surface area (Å²) in [6.45, 7) is 0.219. The van der Waals surface area contributed by atoms with Crippen LogP contribution in [0.5, 0.6) is 0 Å². The summed E-state index contributed by atoms with van der Waals surface area (Å²) >= 11 is 3.32. The van der Waals surface area contributed by atoms with Gasteiger partial charge >= 0.3 is 0 Å². The topological polar surface area (TPSA) is 67.2 Å². The highest BCUT2D eigenvalue weighted by molar-refractivity contribution is 9.10. The van der Waals surface area contributed by atoms with Crippen LogP contribution >= 0.6 is 15.9 Å². The molecule has 0 saturated carbocycles. The van der Waals surface area contributed by atoms with Crippen molar-refractivity contribution in [2.75, 3.05) is 24.6 Å². The summed E-state index contributed by atoms with van der Waals surface area (Å²) < 4.78 is 0.922. The number of hydrogen-bond acceptors (Lipinski definition) is 3. The lowest BCUT2D eigenvalue weighted by molar-refractivity contribution is -0.118. The molecule has 0 aliphatic carbocycles. The Morgan fingerprint density at radius 3 is 2.93 bits per heavy atom. The molecule has 76 valence electrons. The van der Waals surface area contributed by atoms with Crippen molar-refractivity contribution >= 4 is 33.2 Å². The molecule has 1 rings (SSSR count). The monoisotopic (exact) mass is 257 g/mol. The molecule has 14 heavy (non-hydrogen) atoms. The number of hydrogen-bond donors (Lipinski definition) is 3. The number of benzene rings is 1. The van der Waals surface area contributed by atoms with Crippen LogP contribution in [0.2, 0.25) is 0 Å². The number of halogens is 1. The predicted molar refractivity (Wildman–Crippen MR) is 61.1 cm³/mol. The highest BCUT2D eigenvalue weighted by atomic mass is 79.9. The zero-order valence-corrected chi connectivity index (χ0v) is 9.39. The third-order valence-electron chi connectivity index (χ3n) is 1.73. The van der Waals surface area contributed by atoms with E-state index < -0.39 is 0 Å². The molecule has 4 N–H and O–H groups in total. The minimum absolute atomic E-state index is 0.0793. The largest absolute Gasteiger partial charge is 0.397 e. The van der Waals surface area contributed by atoms with Gasteiger partial charge in [0.2, 0.25) is 5.91 Å². The molecule has 0 saturated heterocycles. The summed E-state index contributed by atoms with van der Waals surface area (Å²) in [5.74, 6) is -0.0793. The number of rotatable bonds is 3. The number of anilines is 2. The van der Waals surface area contributed by atoms with Crippen LogP contribution in [0.15, 0.2) is 22.7 Å². The SMILES string of the molecule is CNC(=O)CNc1cc(Br)ccc1N. The molecule has 0 unspecified atom stereocenters. The van der Waals surface area contributed by atoms with E-state index in [-0.39, 0.29) is 12.5 Å². The van der Waals surface area contributed by atoms with Gasteiger partial charge in [0, 0.05) is 11.5 Å². The van der Waals surface area contributed by atoms with Gasteiger partial charge in [-0.2, -0.15) is 0 Å². The highest BCUT2D eigenvalue weighted by Crippen LogP contribution is 2.22. The Hall–Kier alpha value is -1.23. The molecule has 1 aromatic rings. The Morgan fingerprint density at radius 2 is 2.29 bits per heavy atom. The first-order valence-electron chi connectivity index (χ1n) is 4.13. The lowest BCUT2D eigenvalue weighted by Crippen LogP contribution is -2.26. The molecule has 4 nitrogen and oxygen atoms in total. The third kappa shape index (κ3) is 2.92. The summed E-state index contributed by atoms with van der Waals surface area (Å²) in [4.78, 5) is 11.0. The summed E-state index contributed by atoms with van der Waals surface area (Å²) in [5, 5.41) is 5.45. The maximum Gasteiger partial charge on any atom is 0.239 e. The van der Waals surface area contributed by atoms with Crippen molar-refractivity contribution in [2.45, 2.75) is 0 Å². The molecule has 0 aromatic heterocycles. The summed E-state index contributed by atoms with van der Waals surface area (Å²) in [5.41, 5.74) is 7.08. The fourth-order valence-electron chi connectivity index (χ4n) is 0.945. The van der Waals surface area contributed by atoms with Crippen LogP contribution < -0.4 is 16.4 Å². The van der Waals surface area contributed by atoms with E-state index in [1.165, 1.54) is 0 Å². The lowest BCUT2D eigenvalue weighted by Gasteiger charge is -2.08. The van der Waals surface area contributed by atoms with E-state index in [4.69, 9.17) is 5.73 Å². The summed E-state index contributed by atoms with van der Waals surface area (Å²) in [6.07, 6.45) is 0. The van der Waals surface area contributed by atoms with Crippen LogP contribution in [-0.4, -0.2) is 19.5 Å². The Morgan fingerprint density at radius 1 is 1.57 bits per heavy atom. The molecule has 1 amide bonds. The number of nitrogen functional groups attached to an aromatic ring is 1. The number of nitrogens with two attached hydrogens (primary N) is 1. The van der Waals surface area contributed by atoms with Gasteiger partial charge in [0.15, 0.2) is 0 Å². The fraction of sp³-hybridized carbons (Fsp3) is 0.222. The van der Waals surface area contributed by atoms with Gasteiger partial charge in [0.1, 0.15) is 0 Å². The molecule has 0 bridgehead atoms. The first-order valence-corrected chi connectivity index (χ1v) is 4.92. The van der Waals surface area contributed by atoms with Gasteiger partial charge < -0.3 is 16.4 Å². The summed E-state index contributed by atoms with van der Waals surface area (Å²) in [6, 6.07) is 5.45. The van der Waals surface area contributed by atoms with Gasteiger partial charge in [-0.05, 0) is 18.2 Å². The number of carbonyl (C=O) groups is 1. The molecule has 0 heterocycles. The second kappa shape index (κ2) is 4.85. The zero-order valence-electron chi connectivity index (χ0n) is 7.80. The van der Waals surface area contributed by atoms with Crippen molar-refractivity contribution in [3.8, 4) is 0 Å². The maximum atomic E-state index is 11.0. The minimum Gasteiger partial charge on any atom is -0.397 e. The average Bonchev–Trinajstić information content (AvgIpc) is 2.19. The molecule has 1 aromatic carbocycles.